The maximum Gasteiger partial charge on any atom is 0.233 e. The molecule has 5 N–H and O–H groups in total. The van der Waals surface area contributed by atoms with E-state index in [9.17, 15) is 4.79 Å². The average molecular weight is 352 g/mol. The van der Waals surface area contributed by atoms with Gasteiger partial charge in [0, 0.05) is 24.3 Å². The molecule has 0 aliphatic heterocycles. The first-order valence-electron chi connectivity index (χ1n) is 8.73. The van der Waals surface area contributed by atoms with E-state index in [-0.39, 0.29) is 12.5 Å². The van der Waals surface area contributed by atoms with Crippen molar-refractivity contribution in [2.24, 2.45) is 5.73 Å². The molecule has 26 heavy (non-hydrogen) atoms. The van der Waals surface area contributed by atoms with E-state index in [1.165, 1.54) is 0 Å². The molecule has 7 nitrogen and oxygen atoms in total. The van der Waals surface area contributed by atoms with Crippen LogP contribution in [0.3, 0.4) is 0 Å². The number of carbonyl (C=O) groups is 1. The zero-order valence-corrected chi connectivity index (χ0v) is 15.1. The predicted octanol–water partition coefficient (Wildman–Crippen LogP) is 2.12. The molecule has 0 fully saturated rings. The maximum atomic E-state index is 11.2. The normalized spacial score (nSPS) is 10.9. The van der Waals surface area contributed by atoms with Crippen molar-refractivity contribution in [1.29, 1.82) is 0 Å². The molecule has 3 aromatic rings. The zero-order valence-electron chi connectivity index (χ0n) is 15.1. The number of H-pyrrole nitrogens is 1. The minimum Gasteiger partial charge on any atom is -0.369 e. The number of nitrogens with two attached hydrogens (primary N) is 1. The van der Waals surface area contributed by atoms with Crippen LogP contribution in [0.25, 0.3) is 22.4 Å². The molecule has 0 unspecified atom stereocenters. The number of aryl methyl sites for hydroxylation is 2. The van der Waals surface area contributed by atoms with Crippen molar-refractivity contribution in [2.45, 2.75) is 20.3 Å². The Kier molecular flexibility index (Phi) is 5.48. The van der Waals surface area contributed by atoms with Gasteiger partial charge in [-0.15, -0.1) is 0 Å². The number of nitrogens with zero attached hydrogens (tertiary/aromatic N) is 2. The number of nitrogens with one attached hydrogen (secondary N) is 3. The number of fused-ring (bicyclic) bond motifs is 1. The summed E-state index contributed by atoms with van der Waals surface area (Å²) in [6.07, 6.45) is 0.778. The fourth-order valence-electron chi connectivity index (χ4n) is 2.80. The molecule has 136 valence electrons. The molecule has 3 rings (SSSR count). The van der Waals surface area contributed by atoms with E-state index in [2.05, 4.69) is 27.5 Å². The number of hydrogen-bond acceptors (Lipinski definition) is 5. The van der Waals surface area contributed by atoms with Crippen molar-refractivity contribution >= 4 is 22.8 Å². The first-order valence-corrected chi connectivity index (χ1v) is 8.73. The van der Waals surface area contributed by atoms with Crippen LogP contribution in [-0.4, -0.2) is 40.5 Å². The van der Waals surface area contributed by atoms with E-state index < -0.39 is 0 Å². The molecule has 2 heterocycles. The number of aromatic nitrogens is 3. The Hall–Kier alpha value is -2.93. The van der Waals surface area contributed by atoms with Gasteiger partial charge in [0.05, 0.1) is 11.9 Å². The molecule has 0 aliphatic carbocycles. The van der Waals surface area contributed by atoms with Gasteiger partial charge in [-0.05, 0) is 25.8 Å². The van der Waals surface area contributed by atoms with Crippen LogP contribution in [0.2, 0.25) is 0 Å². The van der Waals surface area contributed by atoms with Gasteiger partial charge < -0.3 is 21.4 Å². The Labute approximate surface area is 152 Å². The fourth-order valence-corrected chi connectivity index (χ4v) is 2.80. The summed E-state index contributed by atoms with van der Waals surface area (Å²) >= 11 is 0. The molecule has 0 spiro atoms. The Morgan fingerprint density at radius 1 is 1.15 bits per heavy atom. The molecule has 2 aromatic heterocycles. The highest BCUT2D eigenvalue weighted by molar-refractivity contribution is 5.92. The topological polar surface area (TPSA) is 109 Å². The van der Waals surface area contributed by atoms with E-state index in [4.69, 9.17) is 10.7 Å². The highest BCUT2D eigenvalue weighted by Crippen LogP contribution is 2.29. The van der Waals surface area contributed by atoms with Gasteiger partial charge in [-0.1, -0.05) is 30.3 Å². The predicted molar refractivity (Wildman–Crippen MR) is 104 cm³/mol. The van der Waals surface area contributed by atoms with Gasteiger partial charge in [0.15, 0.2) is 5.82 Å². The molecule has 1 amide bonds. The first kappa shape index (κ1) is 17.9. The van der Waals surface area contributed by atoms with E-state index in [0.717, 1.165) is 40.1 Å². The van der Waals surface area contributed by atoms with Gasteiger partial charge in [-0.2, -0.15) is 0 Å². The van der Waals surface area contributed by atoms with Crippen LogP contribution in [0.4, 0.5) is 5.82 Å². The average Bonchev–Trinajstić information content (AvgIpc) is 2.95. The minimum absolute atomic E-state index is 0.0161. The molecule has 0 aliphatic rings. The molecule has 0 saturated carbocycles. The van der Waals surface area contributed by atoms with Crippen LogP contribution in [0.15, 0.2) is 30.3 Å². The molecule has 1 aromatic carbocycles. The minimum atomic E-state index is -0.141. The standard InChI is InChI=1S/C19H24N6O/c1-12-13(2)23-19-16(12)18(22-10-6-9-21-15(26)11-20)24-17(25-19)14-7-4-3-5-8-14/h3-5,7-8H,6,9-11,20H2,1-2H3,(H,21,26)(H2,22,23,24,25). The van der Waals surface area contributed by atoms with Crippen molar-refractivity contribution in [3.8, 4) is 11.4 Å². The quantitative estimate of drug-likeness (QED) is 0.487. The number of anilines is 1. The lowest BCUT2D eigenvalue weighted by atomic mass is 10.2. The molecule has 0 radical (unpaired) electrons. The highest BCUT2D eigenvalue weighted by atomic mass is 16.1. The van der Waals surface area contributed by atoms with Crippen LogP contribution in [0, 0.1) is 13.8 Å². The summed E-state index contributed by atoms with van der Waals surface area (Å²) in [4.78, 5) is 24.0. The summed E-state index contributed by atoms with van der Waals surface area (Å²) in [7, 11) is 0. The number of benzene rings is 1. The Morgan fingerprint density at radius 2 is 1.92 bits per heavy atom. The van der Waals surface area contributed by atoms with E-state index in [0.29, 0.717) is 18.9 Å². The smallest absolute Gasteiger partial charge is 0.233 e. The van der Waals surface area contributed by atoms with Crippen LogP contribution in [0.5, 0.6) is 0 Å². The van der Waals surface area contributed by atoms with E-state index in [1.807, 2.05) is 37.3 Å². The van der Waals surface area contributed by atoms with Crippen LogP contribution in [-0.2, 0) is 4.79 Å². The van der Waals surface area contributed by atoms with Crippen LogP contribution < -0.4 is 16.4 Å². The second-order valence-electron chi connectivity index (χ2n) is 6.19. The molecular formula is C19H24N6O. The van der Waals surface area contributed by atoms with E-state index >= 15 is 0 Å². The van der Waals surface area contributed by atoms with Crippen molar-refractivity contribution in [3.63, 3.8) is 0 Å². The van der Waals surface area contributed by atoms with Crippen molar-refractivity contribution in [1.82, 2.24) is 20.3 Å². The van der Waals surface area contributed by atoms with Gasteiger partial charge in [0.1, 0.15) is 11.5 Å². The van der Waals surface area contributed by atoms with Crippen molar-refractivity contribution in [2.75, 3.05) is 25.0 Å². The maximum absolute atomic E-state index is 11.2. The number of rotatable bonds is 7. The SMILES string of the molecule is Cc1[nH]c2nc(-c3ccccc3)nc(NCCCNC(=O)CN)c2c1C. The molecule has 7 heteroatoms. The van der Waals surface area contributed by atoms with Gasteiger partial charge in [0.2, 0.25) is 5.91 Å². The Bertz CT molecular complexity index is 903. The fraction of sp³-hybridized carbons (Fsp3) is 0.316. The molecule has 0 saturated heterocycles. The largest absolute Gasteiger partial charge is 0.369 e. The lowest BCUT2D eigenvalue weighted by molar-refractivity contribution is -0.119. The second kappa shape index (κ2) is 7.97. The second-order valence-corrected chi connectivity index (χ2v) is 6.19. The van der Waals surface area contributed by atoms with E-state index in [1.54, 1.807) is 0 Å². The highest BCUT2D eigenvalue weighted by Gasteiger charge is 2.14. The first-order chi connectivity index (χ1) is 12.6. The number of amides is 1. The van der Waals surface area contributed by atoms with Crippen molar-refractivity contribution in [3.05, 3.63) is 41.6 Å². The van der Waals surface area contributed by atoms with Crippen molar-refractivity contribution < 1.29 is 4.79 Å². The number of aromatic amines is 1. The monoisotopic (exact) mass is 352 g/mol. The van der Waals surface area contributed by atoms with Gasteiger partial charge >= 0.3 is 0 Å². The molecule has 0 atom stereocenters. The summed E-state index contributed by atoms with van der Waals surface area (Å²) in [5.41, 5.74) is 9.30. The third kappa shape index (κ3) is 3.83. The molecule has 0 bridgehead atoms. The van der Waals surface area contributed by atoms with Crippen LogP contribution in [0.1, 0.15) is 17.7 Å². The lowest BCUT2D eigenvalue weighted by Gasteiger charge is -2.10. The lowest BCUT2D eigenvalue weighted by Crippen LogP contribution is -2.31. The summed E-state index contributed by atoms with van der Waals surface area (Å²) in [6.45, 7) is 5.38. The summed E-state index contributed by atoms with van der Waals surface area (Å²) in [5.74, 6) is 1.34. The summed E-state index contributed by atoms with van der Waals surface area (Å²) < 4.78 is 0. The number of carbonyl (C=O) groups excluding carboxylic acids is 1. The number of hydrogen-bond donors (Lipinski definition) is 4. The molecular weight excluding hydrogens is 328 g/mol. The van der Waals surface area contributed by atoms with Gasteiger partial charge in [-0.25, -0.2) is 9.97 Å². The Balaban J connectivity index is 1.84. The summed E-state index contributed by atoms with van der Waals surface area (Å²) in [5, 5.41) is 7.16. The Morgan fingerprint density at radius 3 is 2.65 bits per heavy atom. The van der Waals surface area contributed by atoms with Gasteiger partial charge in [0.25, 0.3) is 0 Å². The van der Waals surface area contributed by atoms with Crippen LogP contribution >= 0.6 is 0 Å². The third-order valence-corrected chi connectivity index (χ3v) is 4.34. The summed E-state index contributed by atoms with van der Waals surface area (Å²) in [6, 6.07) is 9.91. The van der Waals surface area contributed by atoms with Gasteiger partial charge in [-0.3, -0.25) is 4.79 Å². The zero-order chi connectivity index (χ0) is 18.5. The third-order valence-electron chi connectivity index (χ3n) is 4.34.